The Morgan fingerprint density at radius 2 is 1.82 bits per heavy atom. The number of carbonyl (C=O) groups is 3. The van der Waals surface area contributed by atoms with Crippen LogP contribution in [0.2, 0.25) is 10.0 Å². The van der Waals surface area contributed by atoms with E-state index < -0.39 is 17.8 Å². The molecule has 1 amide bonds. The Morgan fingerprint density at radius 3 is 2.46 bits per heavy atom. The van der Waals surface area contributed by atoms with Gasteiger partial charge in [0.15, 0.2) is 0 Å². The molecule has 2 aromatic carbocycles. The van der Waals surface area contributed by atoms with E-state index in [1.54, 1.807) is 31.2 Å². The van der Waals surface area contributed by atoms with Crippen LogP contribution in [0.5, 0.6) is 0 Å². The maximum Gasteiger partial charge on any atom is 0.343 e. The van der Waals surface area contributed by atoms with Gasteiger partial charge in [-0.3, -0.25) is 4.79 Å². The number of esters is 2. The van der Waals surface area contributed by atoms with Gasteiger partial charge < -0.3 is 14.8 Å². The summed E-state index contributed by atoms with van der Waals surface area (Å²) < 4.78 is 9.67. The molecule has 0 saturated heterocycles. The second-order valence-electron chi connectivity index (χ2n) is 5.44. The number of ether oxygens (including phenoxy) is 2. The number of methoxy groups -OCH3 is 1. The Kier molecular flexibility index (Phi) is 7.61. The first-order chi connectivity index (χ1) is 13.4. The van der Waals surface area contributed by atoms with Gasteiger partial charge in [0.2, 0.25) is 0 Å². The highest BCUT2D eigenvalue weighted by atomic mass is 35.5. The van der Waals surface area contributed by atoms with Crippen molar-refractivity contribution in [3.63, 3.8) is 0 Å². The van der Waals surface area contributed by atoms with Gasteiger partial charge in [-0.1, -0.05) is 41.4 Å². The van der Waals surface area contributed by atoms with E-state index in [2.05, 4.69) is 5.32 Å². The molecule has 0 aliphatic carbocycles. The third-order valence-corrected chi connectivity index (χ3v) is 4.15. The first-order valence-corrected chi connectivity index (χ1v) is 8.95. The van der Waals surface area contributed by atoms with Crippen LogP contribution in [0, 0.1) is 0 Å². The number of rotatable bonds is 6. The van der Waals surface area contributed by atoms with E-state index in [1.165, 1.54) is 31.4 Å². The van der Waals surface area contributed by atoms with Crippen LogP contribution in [0.3, 0.4) is 0 Å². The molecule has 8 heteroatoms. The van der Waals surface area contributed by atoms with E-state index in [0.29, 0.717) is 10.6 Å². The van der Waals surface area contributed by atoms with Gasteiger partial charge in [-0.25, -0.2) is 9.59 Å². The summed E-state index contributed by atoms with van der Waals surface area (Å²) in [7, 11) is 1.23. The summed E-state index contributed by atoms with van der Waals surface area (Å²) in [4.78, 5) is 37.0. The molecule has 0 fully saturated rings. The van der Waals surface area contributed by atoms with Crippen molar-refractivity contribution in [2.45, 2.75) is 6.92 Å². The lowest BCUT2D eigenvalue weighted by atomic mass is 10.1. The van der Waals surface area contributed by atoms with Crippen molar-refractivity contribution in [3.05, 3.63) is 69.2 Å². The van der Waals surface area contributed by atoms with Crippen LogP contribution in [0.4, 0.5) is 5.69 Å². The van der Waals surface area contributed by atoms with Crippen molar-refractivity contribution in [2.75, 3.05) is 19.0 Å². The van der Waals surface area contributed by atoms with Gasteiger partial charge in [-0.15, -0.1) is 0 Å². The predicted molar refractivity (Wildman–Crippen MR) is 107 cm³/mol. The lowest BCUT2D eigenvalue weighted by Crippen LogP contribution is -2.23. The minimum absolute atomic E-state index is 0.0799. The summed E-state index contributed by atoms with van der Waals surface area (Å²) in [6.07, 6.45) is 1.30. The zero-order valence-electron chi connectivity index (χ0n) is 15.1. The quantitative estimate of drug-likeness (QED) is 0.324. The van der Waals surface area contributed by atoms with Crippen LogP contribution in [0.15, 0.2) is 48.0 Å². The molecule has 0 saturated carbocycles. The van der Waals surface area contributed by atoms with Gasteiger partial charge in [-0.2, -0.15) is 0 Å². The van der Waals surface area contributed by atoms with E-state index in [9.17, 15) is 14.4 Å². The Morgan fingerprint density at radius 1 is 1.11 bits per heavy atom. The van der Waals surface area contributed by atoms with Crippen molar-refractivity contribution in [2.24, 2.45) is 0 Å². The fourth-order valence-electron chi connectivity index (χ4n) is 2.27. The van der Waals surface area contributed by atoms with Crippen LogP contribution in [0.25, 0.3) is 6.08 Å². The molecular weight excluding hydrogens is 405 g/mol. The molecule has 0 spiro atoms. The number of para-hydroxylation sites is 1. The standard InChI is InChI=1S/C20H17Cl2NO5/c1-3-28-20(26)15(10-12-8-9-13(21)11-16(12)22)18(24)23-17-7-5-4-6-14(17)19(25)27-2/h4-11H,3H2,1-2H3,(H,23,24)/b15-10-. The molecule has 146 valence electrons. The third-order valence-electron chi connectivity index (χ3n) is 3.58. The van der Waals surface area contributed by atoms with Crippen molar-refractivity contribution >= 4 is 52.8 Å². The zero-order valence-corrected chi connectivity index (χ0v) is 16.6. The fourth-order valence-corrected chi connectivity index (χ4v) is 2.73. The molecule has 1 N–H and O–H groups in total. The van der Waals surface area contributed by atoms with Crippen LogP contribution >= 0.6 is 23.2 Å². The largest absolute Gasteiger partial charge is 0.465 e. The maximum absolute atomic E-state index is 12.8. The number of halogens is 2. The molecule has 0 unspecified atom stereocenters. The predicted octanol–water partition coefficient (Wildman–Crippen LogP) is 4.37. The van der Waals surface area contributed by atoms with Crippen molar-refractivity contribution in [3.8, 4) is 0 Å². The molecule has 0 radical (unpaired) electrons. The molecular formula is C20H17Cl2NO5. The molecule has 28 heavy (non-hydrogen) atoms. The SMILES string of the molecule is CCOC(=O)/C(=C\c1ccc(Cl)cc1Cl)C(=O)Nc1ccccc1C(=O)OC. The summed E-state index contributed by atoms with van der Waals surface area (Å²) >= 11 is 12.0. The fraction of sp³-hybridized carbons (Fsp3) is 0.150. The first-order valence-electron chi connectivity index (χ1n) is 8.20. The molecule has 2 rings (SSSR count). The summed E-state index contributed by atoms with van der Waals surface area (Å²) in [6, 6.07) is 10.9. The minimum atomic E-state index is -0.832. The Balaban J connectivity index is 2.42. The smallest absolute Gasteiger partial charge is 0.343 e. The second kappa shape index (κ2) is 9.92. The van der Waals surface area contributed by atoms with Gasteiger partial charge in [0, 0.05) is 10.0 Å². The number of nitrogens with one attached hydrogen (secondary N) is 1. The van der Waals surface area contributed by atoms with Crippen LogP contribution < -0.4 is 5.32 Å². The number of benzene rings is 2. The number of amides is 1. The summed E-state index contributed by atoms with van der Waals surface area (Å²) in [5, 5.41) is 3.21. The van der Waals surface area contributed by atoms with Crippen molar-refractivity contribution in [1.29, 1.82) is 0 Å². The molecule has 0 heterocycles. The van der Waals surface area contributed by atoms with Gasteiger partial charge in [-0.05, 0) is 42.8 Å². The summed E-state index contributed by atoms with van der Waals surface area (Å²) in [5.74, 6) is -2.22. The first kappa shape index (κ1) is 21.5. The van der Waals surface area contributed by atoms with Gasteiger partial charge in [0.25, 0.3) is 5.91 Å². The molecule has 0 atom stereocenters. The Bertz CT molecular complexity index is 940. The molecule has 0 aliphatic heterocycles. The van der Waals surface area contributed by atoms with Crippen LogP contribution in [-0.4, -0.2) is 31.6 Å². The maximum atomic E-state index is 12.8. The average molecular weight is 422 g/mol. The number of anilines is 1. The van der Waals surface area contributed by atoms with E-state index in [1.807, 2.05) is 0 Å². The normalized spacial score (nSPS) is 10.9. The minimum Gasteiger partial charge on any atom is -0.465 e. The highest BCUT2D eigenvalue weighted by Crippen LogP contribution is 2.24. The van der Waals surface area contributed by atoms with Crippen LogP contribution in [0.1, 0.15) is 22.8 Å². The van der Waals surface area contributed by atoms with E-state index >= 15 is 0 Å². The molecule has 0 bridgehead atoms. The topological polar surface area (TPSA) is 81.7 Å². The lowest BCUT2D eigenvalue weighted by molar-refractivity contribution is -0.139. The monoisotopic (exact) mass is 421 g/mol. The summed E-state index contributed by atoms with van der Waals surface area (Å²) in [6.45, 7) is 1.70. The highest BCUT2D eigenvalue weighted by molar-refractivity contribution is 6.36. The number of carbonyl (C=O) groups excluding carboxylic acids is 3. The Labute approximate surface area is 172 Å². The lowest BCUT2D eigenvalue weighted by Gasteiger charge is -2.12. The molecule has 0 aliphatic rings. The zero-order chi connectivity index (χ0) is 20.7. The van der Waals surface area contributed by atoms with Gasteiger partial charge in [0.1, 0.15) is 5.57 Å². The highest BCUT2D eigenvalue weighted by Gasteiger charge is 2.22. The average Bonchev–Trinajstić information content (AvgIpc) is 2.67. The Hall–Kier alpha value is -2.83. The second-order valence-corrected chi connectivity index (χ2v) is 6.28. The molecule has 2 aromatic rings. The van der Waals surface area contributed by atoms with Crippen molar-refractivity contribution < 1.29 is 23.9 Å². The van der Waals surface area contributed by atoms with Gasteiger partial charge in [0.05, 0.1) is 25.0 Å². The number of hydrogen-bond donors (Lipinski definition) is 1. The molecule has 0 aromatic heterocycles. The van der Waals surface area contributed by atoms with E-state index in [-0.39, 0.29) is 28.5 Å². The van der Waals surface area contributed by atoms with E-state index in [4.69, 9.17) is 32.7 Å². The number of hydrogen-bond acceptors (Lipinski definition) is 5. The summed E-state index contributed by atoms with van der Waals surface area (Å²) in [5.41, 5.74) is 0.457. The molecule has 6 nitrogen and oxygen atoms in total. The van der Waals surface area contributed by atoms with Crippen LogP contribution in [-0.2, 0) is 19.1 Å². The van der Waals surface area contributed by atoms with Gasteiger partial charge >= 0.3 is 11.9 Å². The van der Waals surface area contributed by atoms with Crippen molar-refractivity contribution in [1.82, 2.24) is 0 Å². The van der Waals surface area contributed by atoms with E-state index in [0.717, 1.165) is 0 Å². The third kappa shape index (κ3) is 5.34.